The molecule has 148 valence electrons. The molecule has 2 aromatic rings. The van der Waals surface area contributed by atoms with E-state index in [1.165, 1.54) is 4.88 Å². The second kappa shape index (κ2) is 8.54. The molecule has 0 aliphatic carbocycles. The molecule has 1 amide bonds. The molecular weight excluding hydrogens is 360 g/mol. The van der Waals surface area contributed by atoms with Gasteiger partial charge in [0, 0.05) is 49.9 Å². The summed E-state index contributed by atoms with van der Waals surface area (Å²) in [5.74, 6) is -0.0543. The predicted molar refractivity (Wildman–Crippen MR) is 108 cm³/mol. The fraction of sp³-hybridized carbons (Fsp3) is 0.600. The van der Waals surface area contributed by atoms with Crippen LogP contribution >= 0.6 is 11.3 Å². The number of ether oxygens (including phenoxy) is 1. The molecule has 0 radical (unpaired) electrons. The smallest absolute Gasteiger partial charge is 0.229 e. The van der Waals surface area contributed by atoms with E-state index in [1.807, 2.05) is 44.4 Å². The van der Waals surface area contributed by atoms with E-state index in [0.29, 0.717) is 6.54 Å². The van der Waals surface area contributed by atoms with E-state index in [0.717, 1.165) is 43.3 Å². The number of likely N-dealkylation sites (N-methyl/N-ethyl adjacent to an activating group) is 1. The van der Waals surface area contributed by atoms with Gasteiger partial charge in [0.15, 0.2) is 0 Å². The monoisotopic (exact) mass is 390 g/mol. The minimum absolute atomic E-state index is 0.143. The van der Waals surface area contributed by atoms with Crippen LogP contribution in [0.2, 0.25) is 0 Å². The topological polar surface area (TPSA) is 50.6 Å². The third kappa shape index (κ3) is 4.25. The maximum Gasteiger partial charge on any atom is 0.229 e. The molecule has 3 rings (SSSR count). The van der Waals surface area contributed by atoms with Crippen molar-refractivity contribution < 1.29 is 9.53 Å². The number of thiophene rings is 1. The zero-order chi connectivity index (χ0) is 19.6. The van der Waals surface area contributed by atoms with E-state index in [9.17, 15) is 4.79 Å². The van der Waals surface area contributed by atoms with Crippen molar-refractivity contribution in [1.82, 2.24) is 19.6 Å². The summed E-state index contributed by atoms with van der Waals surface area (Å²) in [7, 11) is 3.85. The first-order valence-electron chi connectivity index (χ1n) is 9.50. The van der Waals surface area contributed by atoms with Gasteiger partial charge in [0.05, 0.1) is 30.9 Å². The number of carbonyl (C=O) groups is 1. The van der Waals surface area contributed by atoms with Crippen LogP contribution in [0, 0.1) is 13.8 Å². The van der Waals surface area contributed by atoms with Gasteiger partial charge in [0.1, 0.15) is 0 Å². The lowest BCUT2D eigenvalue weighted by molar-refractivity contribution is -0.132. The molecule has 0 bridgehead atoms. The number of amides is 1. The molecule has 1 fully saturated rings. The average Bonchev–Trinajstić information content (AvgIpc) is 3.28. The Hall–Kier alpha value is -1.70. The fourth-order valence-corrected chi connectivity index (χ4v) is 4.83. The molecular formula is C20H30N4O2S. The van der Waals surface area contributed by atoms with E-state index in [4.69, 9.17) is 4.74 Å². The molecule has 0 spiro atoms. The molecule has 2 atom stereocenters. The summed E-state index contributed by atoms with van der Waals surface area (Å²) in [4.78, 5) is 18.8. The van der Waals surface area contributed by atoms with Crippen molar-refractivity contribution in [2.24, 2.45) is 7.05 Å². The number of carbonyl (C=O) groups excluding carboxylic acids is 1. The van der Waals surface area contributed by atoms with Crippen molar-refractivity contribution in [3.8, 4) is 0 Å². The van der Waals surface area contributed by atoms with Crippen LogP contribution in [0.25, 0.3) is 0 Å². The Morgan fingerprint density at radius 1 is 1.37 bits per heavy atom. The summed E-state index contributed by atoms with van der Waals surface area (Å²) < 4.78 is 7.37. The van der Waals surface area contributed by atoms with Gasteiger partial charge in [0.25, 0.3) is 0 Å². The highest BCUT2D eigenvalue weighted by Gasteiger charge is 2.30. The van der Waals surface area contributed by atoms with Crippen molar-refractivity contribution in [2.75, 3.05) is 39.9 Å². The van der Waals surface area contributed by atoms with Gasteiger partial charge in [-0.2, -0.15) is 5.10 Å². The second-order valence-electron chi connectivity index (χ2n) is 7.33. The summed E-state index contributed by atoms with van der Waals surface area (Å²) in [5, 5.41) is 6.58. The molecule has 0 unspecified atom stereocenters. The van der Waals surface area contributed by atoms with Crippen molar-refractivity contribution in [3.63, 3.8) is 0 Å². The summed E-state index contributed by atoms with van der Waals surface area (Å²) in [6.07, 6.45) is 0. The Morgan fingerprint density at radius 3 is 2.63 bits per heavy atom. The molecule has 3 heterocycles. The lowest BCUT2D eigenvalue weighted by atomic mass is 9.97. The van der Waals surface area contributed by atoms with Gasteiger partial charge in [0.2, 0.25) is 5.91 Å². The zero-order valence-electron chi connectivity index (χ0n) is 16.9. The van der Waals surface area contributed by atoms with Crippen LogP contribution in [0.1, 0.15) is 40.7 Å². The van der Waals surface area contributed by atoms with Gasteiger partial charge in [-0.05, 0) is 32.2 Å². The van der Waals surface area contributed by atoms with E-state index in [-0.39, 0.29) is 17.9 Å². The Bertz CT molecular complexity index is 765. The molecule has 7 heteroatoms. The average molecular weight is 391 g/mol. The third-order valence-corrected chi connectivity index (χ3v) is 6.52. The molecule has 1 aliphatic rings. The van der Waals surface area contributed by atoms with Gasteiger partial charge in [-0.15, -0.1) is 11.3 Å². The van der Waals surface area contributed by atoms with Gasteiger partial charge in [-0.3, -0.25) is 14.4 Å². The van der Waals surface area contributed by atoms with Crippen molar-refractivity contribution in [2.45, 2.75) is 32.7 Å². The number of aryl methyl sites for hydroxylation is 2. The summed E-state index contributed by atoms with van der Waals surface area (Å²) in [6.45, 7) is 10.00. The van der Waals surface area contributed by atoms with E-state index in [2.05, 4.69) is 27.5 Å². The van der Waals surface area contributed by atoms with Crippen LogP contribution < -0.4 is 0 Å². The fourth-order valence-electron chi connectivity index (χ4n) is 3.98. The normalized spacial score (nSPS) is 17.7. The lowest BCUT2D eigenvalue weighted by Gasteiger charge is -2.36. The van der Waals surface area contributed by atoms with Crippen LogP contribution in [0.15, 0.2) is 17.5 Å². The molecule has 1 aliphatic heterocycles. The van der Waals surface area contributed by atoms with Gasteiger partial charge < -0.3 is 9.64 Å². The maximum atomic E-state index is 13.2. The van der Waals surface area contributed by atoms with E-state index >= 15 is 0 Å². The molecule has 2 aromatic heterocycles. The first-order valence-corrected chi connectivity index (χ1v) is 10.4. The van der Waals surface area contributed by atoms with Crippen LogP contribution in [-0.4, -0.2) is 65.4 Å². The largest absolute Gasteiger partial charge is 0.379 e. The third-order valence-electron chi connectivity index (χ3n) is 5.55. The van der Waals surface area contributed by atoms with Crippen molar-refractivity contribution in [1.29, 1.82) is 0 Å². The summed E-state index contributed by atoms with van der Waals surface area (Å²) in [6, 6.07) is 4.47. The van der Waals surface area contributed by atoms with Gasteiger partial charge >= 0.3 is 0 Å². The first kappa shape index (κ1) is 20.0. The Balaban J connectivity index is 1.76. The van der Waals surface area contributed by atoms with Crippen LogP contribution in [0.4, 0.5) is 0 Å². The van der Waals surface area contributed by atoms with E-state index in [1.54, 1.807) is 11.3 Å². The number of hydrogen-bond donors (Lipinski definition) is 0. The SMILES string of the molecule is Cc1nn(C)c(C)c1[C@@H](C)C(=O)N(C)C[C@@H](c1cccs1)N1CCOCC1. The van der Waals surface area contributed by atoms with Gasteiger partial charge in [-0.1, -0.05) is 6.07 Å². The highest BCUT2D eigenvalue weighted by atomic mass is 32.1. The van der Waals surface area contributed by atoms with Crippen LogP contribution in [-0.2, 0) is 16.6 Å². The number of aromatic nitrogens is 2. The van der Waals surface area contributed by atoms with Crippen LogP contribution in [0.3, 0.4) is 0 Å². The predicted octanol–water partition coefficient (Wildman–Crippen LogP) is 2.73. The number of hydrogen-bond acceptors (Lipinski definition) is 5. The second-order valence-corrected chi connectivity index (χ2v) is 8.31. The maximum absolute atomic E-state index is 13.2. The minimum Gasteiger partial charge on any atom is -0.379 e. The standard InChI is InChI=1S/C20H30N4O2S/c1-14(19-15(2)21-23(5)16(19)3)20(25)22(4)13-17(18-7-6-12-27-18)24-8-10-26-11-9-24/h6-7,12,14,17H,8-11,13H2,1-5H3/t14-,17+/m1/s1. The molecule has 1 saturated heterocycles. The van der Waals surface area contributed by atoms with Crippen molar-refractivity contribution >= 4 is 17.2 Å². The highest BCUT2D eigenvalue weighted by Crippen LogP contribution is 2.29. The molecule has 0 N–H and O–H groups in total. The molecule has 6 nitrogen and oxygen atoms in total. The highest BCUT2D eigenvalue weighted by molar-refractivity contribution is 7.10. The van der Waals surface area contributed by atoms with Crippen LogP contribution in [0.5, 0.6) is 0 Å². The summed E-state index contributed by atoms with van der Waals surface area (Å²) >= 11 is 1.76. The first-order chi connectivity index (χ1) is 12.9. The molecule has 27 heavy (non-hydrogen) atoms. The summed E-state index contributed by atoms with van der Waals surface area (Å²) in [5.41, 5.74) is 3.05. The quantitative estimate of drug-likeness (QED) is 0.761. The Labute approximate surface area is 165 Å². The Kier molecular flexibility index (Phi) is 6.34. The van der Waals surface area contributed by atoms with Crippen molar-refractivity contribution in [3.05, 3.63) is 39.3 Å². The lowest BCUT2D eigenvalue weighted by Crippen LogP contribution is -2.44. The number of rotatable bonds is 6. The Morgan fingerprint density at radius 2 is 2.07 bits per heavy atom. The van der Waals surface area contributed by atoms with Gasteiger partial charge in [-0.25, -0.2) is 0 Å². The number of nitrogens with zero attached hydrogens (tertiary/aromatic N) is 4. The molecule has 0 aromatic carbocycles. The van der Waals surface area contributed by atoms with E-state index < -0.39 is 0 Å². The zero-order valence-corrected chi connectivity index (χ0v) is 17.8. The molecule has 0 saturated carbocycles. The number of morpholine rings is 1. The minimum atomic E-state index is -0.197.